The van der Waals surface area contributed by atoms with Crippen molar-refractivity contribution in [3.05, 3.63) is 22.8 Å². The molecule has 2 heteroatoms. The molecule has 0 spiro atoms. The Labute approximate surface area is 134 Å². The zero-order valence-electron chi connectivity index (χ0n) is 14.5. The number of rotatable bonds is 2. The molecule has 0 aromatic heterocycles. The van der Waals surface area contributed by atoms with E-state index in [1.807, 2.05) is 0 Å². The average Bonchev–Trinajstić information content (AvgIpc) is 2.49. The molecule has 0 unspecified atom stereocenters. The van der Waals surface area contributed by atoms with Crippen LogP contribution in [0, 0.1) is 22.7 Å². The molecule has 0 saturated heterocycles. The summed E-state index contributed by atoms with van der Waals surface area (Å²) in [6.07, 6.45) is 9.24. The van der Waals surface area contributed by atoms with Gasteiger partial charge in [0.15, 0.2) is 0 Å². The van der Waals surface area contributed by atoms with Gasteiger partial charge in [-0.05, 0) is 54.9 Å². The monoisotopic (exact) mass is 302 g/mol. The molecule has 2 nitrogen and oxygen atoms in total. The topological polar surface area (TPSA) is 37.3 Å². The quantitative estimate of drug-likeness (QED) is 0.766. The van der Waals surface area contributed by atoms with Gasteiger partial charge in [-0.1, -0.05) is 51.3 Å². The van der Waals surface area contributed by atoms with E-state index < -0.39 is 0 Å². The molecule has 0 aliphatic heterocycles. The summed E-state index contributed by atoms with van der Waals surface area (Å²) in [6.45, 7) is 8.94. The van der Waals surface area contributed by atoms with Crippen LogP contribution in [0.2, 0.25) is 0 Å². The number of aldehydes is 1. The highest BCUT2D eigenvalue weighted by atomic mass is 16.3. The second kappa shape index (κ2) is 5.33. The molecular formula is C20H30O2. The van der Waals surface area contributed by atoms with Crippen molar-refractivity contribution >= 4 is 6.29 Å². The van der Waals surface area contributed by atoms with Crippen molar-refractivity contribution in [3.63, 3.8) is 0 Å². The molecule has 3 rings (SSSR count). The van der Waals surface area contributed by atoms with Crippen LogP contribution in [0.4, 0.5) is 0 Å². The standard InChI is InChI=1S/C20H30O2/c1-13(2)14-6-7-16-15(10-14)17(22)11-18-19(3,12-21)8-5-9-20(16,18)4/h10,12-13,17-18,22H,5-9,11H2,1-4H3/t17-,18+,19-,20-/m1/s1. The Bertz CT molecular complexity index is 542. The average molecular weight is 302 g/mol. The lowest BCUT2D eigenvalue weighted by atomic mass is 9.48. The van der Waals surface area contributed by atoms with E-state index in [-0.39, 0.29) is 22.9 Å². The first kappa shape index (κ1) is 16.0. The largest absolute Gasteiger partial charge is 0.388 e. The maximum atomic E-state index is 11.8. The van der Waals surface area contributed by atoms with Crippen molar-refractivity contribution in [3.8, 4) is 0 Å². The van der Waals surface area contributed by atoms with Gasteiger partial charge in [-0.2, -0.15) is 0 Å². The number of hydrogen-bond donors (Lipinski definition) is 1. The van der Waals surface area contributed by atoms with E-state index in [0.717, 1.165) is 38.5 Å². The highest BCUT2D eigenvalue weighted by Crippen LogP contribution is 2.61. The van der Waals surface area contributed by atoms with Gasteiger partial charge >= 0.3 is 0 Å². The Balaban J connectivity index is 2.08. The Hall–Kier alpha value is -0.890. The van der Waals surface area contributed by atoms with Gasteiger partial charge in [0.2, 0.25) is 0 Å². The zero-order chi connectivity index (χ0) is 16.1. The second-order valence-corrected chi connectivity index (χ2v) is 8.51. The number of fused-ring (bicyclic) bond motifs is 2. The van der Waals surface area contributed by atoms with Gasteiger partial charge in [0.25, 0.3) is 0 Å². The fourth-order valence-electron chi connectivity index (χ4n) is 5.44. The molecule has 3 aliphatic rings. The van der Waals surface area contributed by atoms with E-state index in [9.17, 15) is 9.90 Å². The predicted octanol–water partition coefficient (Wildman–Crippen LogP) is 4.44. The second-order valence-electron chi connectivity index (χ2n) is 8.51. The highest BCUT2D eigenvalue weighted by molar-refractivity contribution is 5.61. The number of aliphatic hydroxyl groups excluding tert-OH is 1. The van der Waals surface area contributed by atoms with Crippen LogP contribution in [0.1, 0.15) is 66.2 Å². The number of hydrogen-bond acceptors (Lipinski definition) is 2. The van der Waals surface area contributed by atoms with Gasteiger partial charge in [0.1, 0.15) is 6.29 Å². The minimum atomic E-state index is -0.389. The lowest BCUT2D eigenvalue weighted by Gasteiger charge is -2.56. The molecule has 0 amide bonds. The van der Waals surface area contributed by atoms with Crippen LogP contribution in [0.15, 0.2) is 22.8 Å². The molecule has 0 aromatic rings. The van der Waals surface area contributed by atoms with Crippen LogP contribution >= 0.6 is 0 Å². The first-order valence-electron chi connectivity index (χ1n) is 8.90. The van der Waals surface area contributed by atoms with Crippen molar-refractivity contribution in [1.29, 1.82) is 0 Å². The molecule has 1 fully saturated rings. The molecule has 0 bridgehead atoms. The highest BCUT2D eigenvalue weighted by Gasteiger charge is 2.54. The summed E-state index contributed by atoms with van der Waals surface area (Å²) in [6, 6.07) is 0. The normalized spacial score (nSPS) is 41.8. The Morgan fingerprint density at radius 2 is 2.00 bits per heavy atom. The molecule has 4 atom stereocenters. The molecule has 0 heterocycles. The van der Waals surface area contributed by atoms with Crippen molar-refractivity contribution in [2.24, 2.45) is 22.7 Å². The van der Waals surface area contributed by atoms with Crippen molar-refractivity contribution in [2.45, 2.75) is 72.3 Å². The molecular weight excluding hydrogens is 272 g/mol. The first-order valence-corrected chi connectivity index (χ1v) is 8.90. The van der Waals surface area contributed by atoms with E-state index in [0.29, 0.717) is 5.92 Å². The predicted molar refractivity (Wildman–Crippen MR) is 89.4 cm³/mol. The molecule has 0 radical (unpaired) electrons. The third-order valence-electron chi connectivity index (χ3n) is 6.85. The van der Waals surface area contributed by atoms with Crippen molar-refractivity contribution < 1.29 is 9.90 Å². The Morgan fingerprint density at radius 1 is 1.27 bits per heavy atom. The molecule has 122 valence electrons. The van der Waals surface area contributed by atoms with Gasteiger partial charge in [0, 0.05) is 5.41 Å². The van der Waals surface area contributed by atoms with Gasteiger partial charge in [0.05, 0.1) is 6.10 Å². The van der Waals surface area contributed by atoms with Crippen LogP contribution in [0.3, 0.4) is 0 Å². The molecule has 0 aromatic carbocycles. The fourth-order valence-corrected chi connectivity index (χ4v) is 5.44. The smallest absolute Gasteiger partial charge is 0.126 e. The van der Waals surface area contributed by atoms with E-state index in [1.54, 1.807) is 0 Å². The van der Waals surface area contributed by atoms with E-state index in [2.05, 4.69) is 33.8 Å². The van der Waals surface area contributed by atoms with Crippen LogP contribution < -0.4 is 0 Å². The van der Waals surface area contributed by atoms with Crippen molar-refractivity contribution in [1.82, 2.24) is 0 Å². The lowest BCUT2D eigenvalue weighted by Crippen LogP contribution is -2.50. The summed E-state index contributed by atoms with van der Waals surface area (Å²) in [4.78, 5) is 11.8. The van der Waals surface area contributed by atoms with E-state index in [4.69, 9.17) is 0 Å². The minimum absolute atomic E-state index is 0.0987. The first-order chi connectivity index (χ1) is 10.3. The SMILES string of the molecule is CC(C)C1=CC2=C(CC1)[C@@]1(C)CCC[C@](C)(C=O)[C@@H]1C[C@H]2O. The minimum Gasteiger partial charge on any atom is -0.388 e. The van der Waals surface area contributed by atoms with Crippen molar-refractivity contribution in [2.75, 3.05) is 0 Å². The number of allylic oxidation sites excluding steroid dienone is 2. The van der Waals surface area contributed by atoms with Crippen LogP contribution in [0.5, 0.6) is 0 Å². The van der Waals surface area contributed by atoms with Gasteiger partial charge in [-0.25, -0.2) is 0 Å². The third kappa shape index (κ3) is 2.22. The molecule has 22 heavy (non-hydrogen) atoms. The van der Waals surface area contributed by atoms with Crippen LogP contribution in [0.25, 0.3) is 0 Å². The maximum Gasteiger partial charge on any atom is 0.126 e. The lowest BCUT2D eigenvalue weighted by molar-refractivity contribution is -0.126. The number of carbonyl (C=O) groups is 1. The summed E-state index contributed by atoms with van der Waals surface area (Å²) in [5, 5.41) is 10.8. The number of carbonyl (C=O) groups excluding carboxylic acids is 1. The van der Waals surface area contributed by atoms with Gasteiger partial charge in [-0.3, -0.25) is 0 Å². The van der Waals surface area contributed by atoms with Gasteiger partial charge in [-0.15, -0.1) is 0 Å². The summed E-state index contributed by atoms with van der Waals surface area (Å²) in [7, 11) is 0. The van der Waals surface area contributed by atoms with Crippen LogP contribution in [-0.2, 0) is 4.79 Å². The maximum absolute atomic E-state index is 11.8. The summed E-state index contributed by atoms with van der Waals surface area (Å²) >= 11 is 0. The van der Waals surface area contributed by atoms with E-state index in [1.165, 1.54) is 23.0 Å². The third-order valence-corrected chi connectivity index (χ3v) is 6.85. The zero-order valence-corrected chi connectivity index (χ0v) is 14.5. The summed E-state index contributed by atoms with van der Waals surface area (Å²) < 4.78 is 0. The fraction of sp³-hybridized carbons (Fsp3) is 0.750. The Morgan fingerprint density at radius 3 is 2.64 bits per heavy atom. The molecule has 3 aliphatic carbocycles. The molecule has 1 saturated carbocycles. The van der Waals surface area contributed by atoms with Crippen LogP contribution in [-0.4, -0.2) is 17.5 Å². The summed E-state index contributed by atoms with van der Waals surface area (Å²) in [5.41, 5.74) is 3.93. The number of aliphatic hydroxyl groups is 1. The Kier molecular flexibility index (Phi) is 3.87. The summed E-state index contributed by atoms with van der Waals surface area (Å²) in [5.74, 6) is 0.840. The van der Waals surface area contributed by atoms with Gasteiger partial charge < -0.3 is 9.90 Å². The molecule has 1 N–H and O–H groups in total. The van der Waals surface area contributed by atoms with E-state index >= 15 is 0 Å².